The molecule has 0 aliphatic rings. The lowest BCUT2D eigenvalue weighted by Crippen LogP contribution is -3.00. The third kappa shape index (κ3) is 23.6. The van der Waals surface area contributed by atoms with Gasteiger partial charge in [0.25, 0.3) is 10.1 Å². The van der Waals surface area contributed by atoms with E-state index in [4.69, 9.17) is 15.7 Å². The number of aryl methyl sites for hydroxylation is 6. The molecule has 0 atom stereocenters. The van der Waals surface area contributed by atoms with Crippen molar-refractivity contribution in [2.24, 2.45) is 88.9 Å². The molecule has 0 aliphatic carbocycles. The molecule has 8 rings (SSSR count). The van der Waals surface area contributed by atoms with Crippen molar-refractivity contribution in [2.45, 2.75) is 12.8 Å². The monoisotopic (exact) mass is 1120 g/mol. The first-order chi connectivity index (χ1) is 37.6. The molecule has 0 saturated carbocycles. The van der Waals surface area contributed by atoms with Gasteiger partial charge >= 0.3 is 11.9 Å². The zero-order chi connectivity index (χ0) is 56.1. The van der Waals surface area contributed by atoms with Gasteiger partial charge in [0.05, 0.1) is 89.1 Å². The number of anilines is 3. The van der Waals surface area contributed by atoms with E-state index in [1.807, 2.05) is 241 Å². The summed E-state index contributed by atoms with van der Waals surface area (Å²) in [6.45, 7) is 3.33. The molecule has 0 fully saturated rings. The largest absolute Gasteiger partial charge is 1.00 e. The van der Waals surface area contributed by atoms with Crippen LogP contribution < -0.4 is 62.4 Å². The van der Waals surface area contributed by atoms with Crippen molar-refractivity contribution >= 4 is 73.2 Å². The van der Waals surface area contributed by atoms with E-state index in [0.29, 0.717) is 12.8 Å². The van der Waals surface area contributed by atoms with E-state index < -0.39 is 10.1 Å². The lowest BCUT2D eigenvalue weighted by Gasteiger charge is -2.08. The van der Waals surface area contributed by atoms with Crippen LogP contribution in [-0.2, 0) is 56.7 Å². The van der Waals surface area contributed by atoms with Crippen LogP contribution in [-0.4, -0.2) is 57.1 Å². The second-order valence-electron chi connectivity index (χ2n) is 17.3. The van der Waals surface area contributed by atoms with Crippen molar-refractivity contribution in [3.8, 4) is 5.75 Å². The highest BCUT2D eigenvalue weighted by Gasteiger charge is 2.11. The van der Waals surface area contributed by atoms with Crippen LogP contribution in [0.5, 0.6) is 5.75 Å². The van der Waals surface area contributed by atoms with Crippen LogP contribution >= 0.6 is 0 Å². The minimum atomic E-state index is -3.72. The number of aromatic nitrogens is 6. The number of nitrogens with zero attached hydrogens (tertiary/aromatic N) is 14. The second kappa shape index (κ2) is 33.5. The molecule has 0 saturated heterocycles. The number of nitrogens with two attached hydrogens (primary N) is 1. The fourth-order valence-corrected chi connectivity index (χ4v) is 6.48. The normalized spacial score (nSPS) is 11.1. The minimum absolute atomic E-state index is 0. The molecular formula is C54H69ClN18O5S+2. The summed E-state index contributed by atoms with van der Waals surface area (Å²) in [6, 6.07) is 38.9. The Morgan fingerprint density at radius 1 is 0.494 bits per heavy atom. The average Bonchev–Trinajstić information content (AvgIpc) is 3.96. The summed E-state index contributed by atoms with van der Waals surface area (Å²) in [6.07, 6.45) is 18.2. The van der Waals surface area contributed by atoms with Gasteiger partial charge in [0.2, 0.25) is 0 Å². The molecule has 416 valence electrons. The molecule has 0 bridgehead atoms. The fraction of sp³-hybridized carbons (Fsp3) is 0.259. The Bertz CT molecular complexity index is 3230. The molecule has 79 heavy (non-hydrogen) atoms. The molecule has 8 aromatic rings. The van der Waals surface area contributed by atoms with E-state index in [1.54, 1.807) is 7.11 Å². The number of nitrogens with one attached hydrogen (secondary N) is 3. The molecule has 0 spiro atoms. The van der Waals surface area contributed by atoms with E-state index in [9.17, 15) is 8.42 Å². The molecule has 4 aromatic heterocycles. The van der Waals surface area contributed by atoms with E-state index >= 15 is 0 Å². The summed E-state index contributed by atoms with van der Waals surface area (Å²) in [4.78, 5) is 0. The predicted molar refractivity (Wildman–Crippen MR) is 297 cm³/mol. The first kappa shape index (κ1) is 62.9. The highest BCUT2D eigenvalue weighted by Crippen LogP contribution is 2.23. The van der Waals surface area contributed by atoms with Crippen molar-refractivity contribution in [3.05, 3.63) is 171 Å². The molecule has 0 aliphatic heterocycles. The van der Waals surface area contributed by atoms with Gasteiger partial charge in [-0.2, -0.15) is 20.5 Å². The quantitative estimate of drug-likeness (QED) is 0.0242. The van der Waals surface area contributed by atoms with Gasteiger partial charge in [0.15, 0.2) is 24.8 Å². The lowest BCUT2D eigenvalue weighted by molar-refractivity contribution is -0.671. The molecule has 4 aromatic carbocycles. The highest BCUT2D eigenvalue weighted by atomic mass is 35.5. The molecule has 0 unspecified atom stereocenters. The van der Waals surface area contributed by atoms with Gasteiger partial charge < -0.3 is 48.4 Å². The number of ether oxygens (including phenoxy) is 1. The van der Waals surface area contributed by atoms with Gasteiger partial charge in [-0.3, -0.25) is 0 Å². The van der Waals surface area contributed by atoms with E-state index in [2.05, 4.69) is 61.2 Å². The summed E-state index contributed by atoms with van der Waals surface area (Å²) in [5.41, 5.74) is 13.6. The Morgan fingerprint density at radius 3 is 1.06 bits per heavy atom. The van der Waals surface area contributed by atoms with Crippen molar-refractivity contribution in [1.82, 2.24) is 9.13 Å². The number of rotatable bonds is 20. The summed E-state index contributed by atoms with van der Waals surface area (Å²) < 4.78 is 38.3. The average molecular weight is 1120 g/mol. The summed E-state index contributed by atoms with van der Waals surface area (Å²) in [5, 5.41) is 53.0. The van der Waals surface area contributed by atoms with Gasteiger partial charge in [-0.1, -0.05) is 10.2 Å². The van der Waals surface area contributed by atoms with Crippen molar-refractivity contribution in [1.29, 1.82) is 0 Å². The molecular weight excluding hydrogens is 1050 g/mol. The lowest BCUT2D eigenvalue weighted by atomic mass is 10.2. The van der Waals surface area contributed by atoms with Gasteiger partial charge in [-0.15, -0.1) is 0 Å². The third-order valence-electron chi connectivity index (χ3n) is 10.8. The van der Waals surface area contributed by atoms with Crippen LogP contribution in [0.4, 0.5) is 63.1 Å². The second-order valence-corrected chi connectivity index (χ2v) is 18.8. The number of methoxy groups -OCH3 is 1. The van der Waals surface area contributed by atoms with Gasteiger partial charge in [-0.25, -0.2) is 35.8 Å². The van der Waals surface area contributed by atoms with E-state index in [1.165, 1.54) is 0 Å². The van der Waals surface area contributed by atoms with Gasteiger partial charge in [0, 0.05) is 71.2 Å². The van der Waals surface area contributed by atoms with Crippen LogP contribution in [0.25, 0.3) is 0 Å². The predicted octanol–water partition coefficient (Wildman–Crippen LogP) is 5.62. The van der Waals surface area contributed by atoms with Crippen LogP contribution in [0.2, 0.25) is 0 Å². The van der Waals surface area contributed by atoms with Crippen LogP contribution in [0.1, 0.15) is 12.8 Å². The Hall–Kier alpha value is -8.68. The Labute approximate surface area is 467 Å². The maximum atomic E-state index is 9.47. The van der Waals surface area contributed by atoms with Crippen LogP contribution in [0.3, 0.4) is 0 Å². The Morgan fingerprint density at radius 2 is 0.785 bits per heavy atom. The number of imidazole rings is 2. The van der Waals surface area contributed by atoms with Gasteiger partial charge in [0.1, 0.15) is 31.2 Å². The maximum absolute atomic E-state index is 9.47. The van der Waals surface area contributed by atoms with E-state index in [-0.39, 0.29) is 12.4 Å². The van der Waals surface area contributed by atoms with E-state index in [0.717, 1.165) is 101 Å². The third-order valence-corrected chi connectivity index (χ3v) is 11.1. The summed E-state index contributed by atoms with van der Waals surface area (Å²) in [5.74, 6) is 2.41. The molecule has 0 amide bonds. The number of hydrogen-bond acceptors (Lipinski definition) is 17. The molecule has 25 heteroatoms. The number of halogens is 1. The number of pyridine rings is 2. The SMILES string of the molecule is COc1ccc(N=Nc2cc[n+](C)cc2)cc1.CS(=O)(=O)O[O-].Cn1cc[n+](C)c1N=Nc1ccc(NCCCN)cc1.Cn1cc[n+](C)c1N=Nc1ccc(NCCCNc2ccc(N=Nc3cc[n+](C)cc3)cc2)cc1.[Cl-]. The standard InChI is InChI=1S/C26H29N9.C14H20N6.C13H14N3O.CH4O4S.ClH/c1-33-17-13-25(14-18-33)30-29-23-9-5-21(6-10-23)27-15-4-16-28-22-7-11-24(12-8-22)31-32-26-34(2)19-20-35(26)3;1-19-10-11-20(2)14(19)18-17-13-6-4-12(5-7-13)16-9-3-8-15;1-16-9-7-12(8-10-16)15-14-11-3-5-13(17-2)6-4-11;1-6(3,4)5-2;/h5-14,17-20H,4,15-16H2,1-3H3;4-7,10-11H,3,8-9,15H2,1-2H3;3-10H,1-2H3;2H,1H3;1H/q;;+1;;/p+1. The first-order valence-corrected chi connectivity index (χ1v) is 26.4. The number of benzene rings is 4. The number of hydrogen-bond donors (Lipinski definition) is 4. The minimum Gasteiger partial charge on any atom is -1.00 e. The topological polar surface area (TPSA) is 262 Å². The zero-order valence-electron chi connectivity index (χ0n) is 45.6. The van der Waals surface area contributed by atoms with Crippen molar-refractivity contribution in [3.63, 3.8) is 0 Å². The van der Waals surface area contributed by atoms with Crippen molar-refractivity contribution < 1.29 is 53.4 Å². The molecule has 4 heterocycles. The Balaban J connectivity index is 0.000000259. The van der Waals surface area contributed by atoms with Gasteiger partial charge in [-0.05, 0) is 116 Å². The summed E-state index contributed by atoms with van der Waals surface area (Å²) in [7, 11) is 9.64. The smallest absolute Gasteiger partial charge is 0.421 e. The fourth-order valence-electron chi connectivity index (χ4n) is 6.48. The maximum Gasteiger partial charge on any atom is 0.421 e. The number of azo groups is 4. The molecule has 23 nitrogen and oxygen atoms in total. The zero-order valence-corrected chi connectivity index (χ0v) is 47.1. The molecule has 5 N–H and O–H groups in total. The van der Waals surface area contributed by atoms with Crippen LogP contribution in [0, 0.1) is 0 Å². The highest BCUT2D eigenvalue weighted by molar-refractivity contribution is 7.85. The first-order valence-electron chi connectivity index (χ1n) is 24.6. The Kier molecular flexibility index (Phi) is 26.6. The van der Waals surface area contributed by atoms with Crippen molar-refractivity contribution in [2.75, 3.05) is 55.5 Å². The van der Waals surface area contributed by atoms with Crippen LogP contribution in [0.15, 0.2) is 212 Å². The summed E-state index contributed by atoms with van der Waals surface area (Å²) >= 11 is 0. The molecule has 0 radical (unpaired) electrons.